The summed E-state index contributed by atoms with van der Waals surface area (Å²) in [4.78, 5) is 12.3. The van der Waals surface area contributed by atoms with E-state index in [1.165, 1.54) is 0 Å². The number of halogens is 1. The summed E-state index contributed by atoms with van der Waals surface area (Å²) in [6.45, 7) is 8.77. The normalized spacial score (nSPS) is 11.1. The van der Waals surface area contributed by atoms with Crippen LogP contribution in [0, 0.1) is 0 Å². The Morgan fingerprint density at radius 1 is 1.19 bits per heavy atom. The second-order valence-electron chi connectivity index (χ2n) is 5.30. The molecule has 0 bridgehead atoms. The lowest BCUT2D eigenvalue weighted by molar-refractivity contribution is 0.0911. The zero-order valence-electron chi connectivity index (χ0n) is 13.2. The first kappa shape index (κ1) is 17.6. The van der Waals surface area contributed by atoms with E-state index in [2.05, 4.69) is 5.32 Å². The van der Waals surface area contributed by atoms with E-state index in [1.807, 2.05) is 27.7 Å². The van der Waals surface area contributed by atoms with E-state index in [0.717, 1.165) is 0 Å². The number of carbonyl (C=O) groups is 1. The van der Waals surface area contributed by atoms with Gasteiger partial charge in [0.1, 0.15) is 0 Å². The molecule has 21 heavy (non-hydrogen) atoms. The molecule has 118 valence electrons. The molecule has 0 atom stereocenters. The van der Waals surface area contributed by atoms with Crippen molar-refractivity contribution in [3.8, 4) is 11.5 Å². The van der Waals surface area contributed by atoms with Crippen LogP contribution in [0.1, 0.15) is 44.5 Å². The van der Waals surface area contributed by atoms with Gasteiger partial charge in [0.15, 0.2) is 11.5 Å². The topological polar surface area (TPSA) is 47.6 Å². The van der Waals surface area contributed by atoms with E-state index in [1.54, 1.807) is 18.2 Å². The zero-order valence-corrected chi connectivity index (χ0v) is 13.9. The molecule has 0 aliphatic carbocycles. The van der Waals surface area contributed by atoms with E-state index in [-0.39, 0.29) is 11.4 Å². The van der Waals surface area contributed by atoms with E-state index < -0.39 is 0 Å². The van der Waals surface area contributed by atoms with Crippen LogP contribution in [-0.2, 0) is 0 Å². The van der Waals surface area contributed by atoms with Gasteiger partial charge in [-0.15, -0.1) is 11.6 Å². The van der Waals surface area contributed by atoms with Crippen LogP contribution in [-0.4, -0.2) is 30.5 Å². The molecule has 0 saturated carbocycles. The van der Waals surface area contributed by atoms with Crippen molar-refractivity contribution in [3.63, 3.8) is 0 Å². The molecule has 0 aliphatic rings. The SMILES string of the molecule is CCOc1ccc(C(=O)NC(C)(C)CCCl)cc1OCC. The van der Waals surface area contributed by atoms with Gasteiger partial charge in [0, 0.05) is 17.0 Å². The number of amides is 1. The Morgan fingerprint density at radius 3 is 2.38 bits per heavy atom. The molecule has 0 aliphatic heterocycles. The Bertz CT molecular complexity index is 475. The summed E-state index contributed by atoms with van der Waals surface area (Å²) >= 11 is 5.75. The maximum atomic E-state index is 12.3. The number of hydrogen-bond donors (Lipinski definition) is 1. The third-order valence-corrected chi connectivity index (χ3v) is 3.17. The van der Waals surface area contributed by atoms with Crippen molar-refractivity contribution in [1.29, 1.82) is 0 Å². The van der Waals surface area contributed by atoms with Gasteiger partial charge in [0.25, 0.3) is 5.91 Å². The van der Waals surface area contributed by atoms with Gasteiger partial charge in [0.05, 0.1) is 13.2 Å². The standard InChI is InChI=1S/C16H24ClNO3/c1-5-20-13-8-7-12(11-14(13)21-6-2)15(19)18-16(3,4)9-10-17/h7-8,11H,5-6,9-10H2,1-4H3,(H,18,19). The fourth-order valence-electron chi connectivity index (χ4n) is 1.87. The summed E-state index contributed by atoms with van der Waals surface area (Å²) in [6, 6.07) is 5.21. The van der Waals surface area contributed by atoms with Gasteiger partial charge in [-0.3, -0.25) is 4.79 Å². The lowest BCUT2D eigenvalue weighted by Crippen LogP contribution is -2.43. The third-order valence-electron chi connectivity index (χ3n) is 2.98. The fraction of sp³-hybridized carbons (Fsp3) is 0.562. The van der Waals surface area contributed by atoms with Crippen LogP contribution in [0.4, 0.5) is 0 Å². The van der Waals surface area contributed by atoms with Gasteiger partial charge >= 0.3 is 0 Å². The molecule has 4 nitrogen and oxygen atoms in total. The molecule has 0 spiro atoms. The Balaban J connectivity index is 2.92. The predicted molar refractivity (Wildman–Crippen MR) is 85.7 cm³/mol. The molecule has 0 heterocycles. The highest BCUT2D eigenvalue weighted by atomic mass is 35.5. The summed E-state index contributed by atoms with van der Waals surface area (Å²) in [5.74, 6) is 1.59. The minimum absolute atomic E-state index is 0.144. The highest BCUT2D eigenvalue weighted by Gasteiger charge is 2.21. The van der Waals surface area contributed by atoms with Gasteiger partial charge in [-0.1, -0.05) is 0 Å². The maximum Gasteiger partial charge on any atom is 0.251 e. The van der Waals surface area contributed by atoms with Crippen molar-refractivity contribution in [1.82, 2.24) is 5.32 Å². The number of nitrogens with one attached hydrogen (secondary N) is 1. The average molecular weight is 314 g/mol. The lowest BCUT2D eigenvalue weighted by Gasteiger charge is -2.25. The lowest BCUT2D eigenvalue weighted by atomic mass is 10.0. The number of alkyl halides is 1. The first-order valence-corrected chi connectivity index (χ1v) is 7.75. The molecule has 1 N–H and O–H groups in total. The molecular formula is C16H24ClNO3. The van der Waals surface area contributed by atoms with Crippen molar-refractivity contribution >= 4 is 17.5 Å². The molecule has 1 aromatic carbocycles. The largest absolute Gasteiger partial charge is 0.490 e. The highest BCUT2D eigenvalue weighted by molar-refractivity contribution is 6.17. The van der Waals surface area contributed by atoms with Gasteiger partial charge < -0.3 is 14.8 Å². The monoisotopic (exact) mass is 313 g/mol. The van der Waals surface area contributed by atoms with E-state index >= 15 is 0 Å². The molecule has 0 radical (unpaired) electrons. The van der Waals surface area contributed by atoms with Crippen molar-refractivity contribution < 1.29 is 14.3 Å². The van der Waals surface area contributed by atoms with E-state index in [4.69, 9.17) is 21.1 Å². The maximum absolute atomic E-state index is 12.3. The highest BCUT2D eigenvalue weighted by Crippen LogP contribution is 2.28. The van der Waals surface area contributed by atoms with E-state index in [0.29, 0.717) is 42.6 Å². The molecule has 5 heteroatoms. The molecule has 1 amide bonds. The number of rotatable bonds is 8. The minimum atomic E-state index is -0.344. The fourth-order valence-corrected chi connectivity index (χ4v) is 2.34. The molecule has 1 rings (SSSR count). The van der Waals surface area contributed by atoms with Crippen molar-refractivity contribution in [2.75, 3.05) is 19.1 Å². The summed E-state index contributed by atoms with van der Waals surface area (Å²) in [5.41, 5.74) is 0.202. The minimum Gasteiger partial charge on any atom is -0.490 e. The molecule has 1 aromatic rings. The first-order valence-electron chi connectivity index (χ1n) is 7.21. The average Bonchev–Trinajstić information content (AvgIpc) is 2.40. The third kappa shape index (κ3) is 5.46. The number of ether oxygens (including phenoxy) is 2. The Morgan fingerprint density at radius 2 is 1.81 bits per heavy atom. The molecule has 0 saturated heterocycles. The van der Waals surface area contributed by atoms with Crippen LogP contribution in [0.25, 0.3) is 0 Å². The van der Waals surface area contributed by atoms with Crippen LogP contribution in [0.15, 0.2) is 18.2 Å². The smallest absolute Gasteiger partial charge is 0.251 e. The molecule has 0 fully saturated rings. The van der Waals surface area contributed by atoms with Crippen LogP contribution in [0.5, 0.6) is 11.5 Å². The van der Waals surface area contributed by atoms with Crippen LogP contribution in [0.2, 0.25) is 0 Å². The predicted octanol–water partition coefficient (Wildman–Crippen LogP) is 3.62. The number of benzene rings is 1. The Hall–Kier alpha value is -1.42. The summed E-state index contributed by atoms with van der Waals surface area (Å²) < 4.78 is 11.0. The summed E-state index contributed by atoms with van der Waals surface area (Å²) in [5, 5.41) is 2.97. The van der Waals surface area contributed by atoms with Crippen molar-refractivity contribution in [3.05, 3.63) is 23.8 Å². The first-order chi connectivity index (χ1) is 9.93. The quantitative estimate of drug-likeness (QED) is 0.746. The Labute approximate surface area is 131 Å². The molecular weight excluding hydrogens is 290 g/mol. The van der Waals surface area contributed by atoms with Crippen molar-refractivity contribution in [2.45, 2.75) is 39.7 Å². The summed E-state index contributed by atoms with van der Waals surface area (Å²) in [6.07, 6.45) is 0.704. The van der Waals surface area contributed by atoms with Crippen LogP contribution < -0.4 is 14.8 Å². The Kier molecular flexibility index (Phi) is 6.82. The summed E-state index contributed by atoms with van der Waals surface area (Å²) in [7, 11) is 0. The molecule has 0 unspecified atom stereocenters. The molecule has 0 aromatic heterocycles. The second kappa shape index (κ2) is 8.13. The van der Waals surface area contributed by atoms with Crippen molar-refractivity contribution in [2.24, 2.45) is 0 Å². The second-order valence-corrected chi connectivity index (χ2v) is 5.68. The van der Waals surface area contributed by atoms with Crippen LogP contribution >= 0.6 is 11.6 Å². The van der Waals surface area contributed by atoms with Crippen LogP contribution in [0.3, 0.4) is 0 Å². The van der Waals surface area contributed by atoms with E-state index in [9.17, 15) is 4.79 Å². The number of carbonyl (C=O) groups excluding carboxylic acids is 1. The van der Waals surface area contributed by atoms with Gasteiger partial charge in [-0.05, 0) is 52.3 Å². The van der Waals surface area contributed by atoms with Gasteiger partial charge in [-0.2, -0.15) is 0 Å². The zero-order chi connectivity index (χ0) is 15.9. The number of hydrogen-bond acceptors (Lipinski definition) is 3. The van der Waals surface area contributed by atoms with Gasteiger partial charge in [0.2, 0.25) is 0 Å². The van der Waals surface area contributed by atoms with Gasteiger partial charge in [-0.25, -0.2) is 0 Å².